The fourth-order valence-corrected chi connectivity index (χ4v) is 1.65. The maximum Gasteiger partial charge on any atom is 0.226 e. The van der Waals surface area contributed by atoms with Crippen LogP contribution in [0, 0.1) is 11.3 Å². The standard InChI is InChI=1S/C15H21N3O/c1-14(2,10-16)11-5-7-12(8-6-11)18-13(19)9-15(3,4)17/h5-8H,9,17H2,1-4H3,(H,18,19). The van der Waals surface area contributed by atoms with Crippen LogP contribution in [-0.4, -0.2) is 11.4 Å². The van der Waals surface area contributed by atoms with Gasteiger partial charge in [-0.3, -0.25) is 4.79 Å². The van der Waals surface area contributed by atoms with Crippen molar-refractivity contribution in [3.05, 3.63) is 29.8 Å². The topological polar surface area (TPSA) is 78.9 Å². The van der Waals surface area contributed by atoms with E-state index in [1.807, 2.05) is 39.8 Å². The highest BCUT2D eigenvalue weighted by molar-refractivity contribution is 5.91. The van der Waals surface area contributed by atoms with Crippen molar-refractivity contribution in [3.8, 4) is 6.07 Å². The number of rotatable bonds is 4. The molecule has 3 N–H and O–H groups in total. The predicted molar refractivity (Wildman–Crippen MR) is 76.6 cm³/mol. The van der Waals surface area contributed by atoms with Crippen molar-refractivity contribution in [2.24, 2.45) is 5.73 Å². The van der Waals surface area contributed by atoms with E-state index in [-0.39, 0.29) is 12.3 Å². The summed E-state index contributed by atoms with van der Waals surface area (Å²) >= 11 is 0. The second-order valence-electron chi connectivity index (χ2n) is 6.03. The summed E-state index contributed by atoms with van der Waals surface area (Å²) in [6.45, 7) is 7.34. The Morgan fingerprint density at radius 3 is 2.21 bits per heavy atom. The molecule has 1 rings (SSSR count). The second kappa shape index (κ2) is 5.41. The molecule has 102 valence electrons. The average Bonchev–Trinajstić information content (AvgIpc) is 2.27. The van der Waals surface area contributed by atoms with E-state index in [4.69, 9.17) is 11.0 Å². The SMILES string of the molecule is CC(C)(N)CC(=O)Nc1ccc(C(C)(C)C#N)cc1. The molecule has 0 spiro atoms. The normalized spacial score (nSPS) is 11.8. The number of nitrogens with zero attached hydrogens (tertiary/aromatic N) is 1. The largest absolute Gasteiger partial charge is 0.326 e. The molecule has 0 bridgehead atoms. The zero-order valence-corrected chi connectivity index (χ0v) is 11.9. The molecule has 0 aromatic heterocycles. The molecule has 0 atom stereocenters. The third kappa shape index (κ3) is 4.72. The zero-order chi connectivity index (χ0) is 14.7. The number of nitrogens with one attached hydrogen (secondary N) is 1. The highest BCUT2D eigenvalue weighted by atomic mass is 16.1. The van der Waals surface area contributed by atoms with Crippen LogP contribution >= 0.6 is 0 Å². The molecule has 0 saturated heterocycles. The molecule has 4 heteroatoms. The highest BCUT2D eigenvalue weighted by Crippen LogP contribution is 2.23. The van der Waals surface area contributed by atoms with Crippen LogP contribution in [0.4, 0.5) is 5.69 Å². The molecule has 4 nitrogen and oxygen atoms in total. The van der Waals surface area contributed by atoms with Crippen LogP contribution in [0.1, 0.15) is 39.7 Å². The molecular weight excluding hydrogens is 238 g/mol. The van der Waals surface area contributed by atoms with Gasteiger partial charge in [0, 0.05) is 17.6 Å². The van der Waals surface area contributed by atoms with Crippen LogP contribution < -0.4 is 11.1 Å². The minimum absolute atomic E-state index is 0.111. The number of nitriles is 1. The molecule has 0 unspecified atom stereocenters. The summed E-state index contributed by atoms with van der Waals surface area (Å²) in [5.74, 6) is -0.111. The Hall–Kier alpha value is -1.86. The summed E-state index contributed by atoms with van der Waals surface area (Å²) in [5, 5.41) is 11.8. The van der Waals surface area contributed by atoms with E-state index >= 15 is 0 Å². The van der Waals surface area contributed by atoms with Crippen molar-refractivity contribution in [3.63, 3.8) is 0 Å². The number of amides is 1. The number of benzene rings is 1. The lowest BCUT2D eigenvalue weighted by molar-refractivity contribution is -0.117. The Morgan fingerprint density at radius 1 is 1.26 bits per heavy atom. The van der Waals surface area contributed by atoms with Gasteiger partial charge in [0.15, 0.2) is 0 Å². The van der Waals surface area contributed by atoms with E-state index < -0.39 is 11.0 Å². The van der Waals surface area contributed by atoms with Crippen LogP contribution in [0.15, 0.2) is 24.3 Å². The molecule has 0 radical (unpaired) electrons. The van der Waals surface area contributed by atoms with Gasteiger partial charge in [-0.1, -0.05) is 12.1 Å². The lowest BCUT2D eigenvalue weighted by Gasteiger charge is -2.18. The molecule has 0 saturated carbocycles. The molecule has 19 heavy (non-hydrogen) atoms. The first-order valence-electron chi connectivity index (χ1n) is 6.24. The summed E-state index contributed by atoms with van der Waals surface area (Å²) in [4.78, 5) is 11.7. The van der Waals surface area contributed by atoms with E-state index in [0.717, 1.165) is 5.56 Å². The summed E-state index contributed by atoms with van der Waals surface area (Å²) in [6, 6.07) is 9.56. The van der Waals surface area contributed by atoms with Gasteiger partial charge in [-0.25, -0.2) is 0 Å². The van der Waals surface area contributed by atoms with Gasteiger partial charge in [0.25, 0.3) is 0 Å². The Labute approximate surface area is 114 Å². The van der Waals surface area contributed by atoms with Crippen LogP contribution in [0.3, 0.4) is 0 Å². The first-order valence-corrected chi connectivity index (χ1v) is 6.24. The summed E-state index contributed by atoms with van der Waals surface area (Å²) in [7, 11) is 0. The third-order valence-electron chi connectivity index (χ3n) is 2.79. The van der Waals surface area contributed by atoms with Crippen LogP contribution in [0.5, 0.6) is 0 Å². The van der Waals surface area contributed by atoms with Crippen molar-refractivity contribution in [1.29, 1.82) is 5.26 Å². The monoisotopic (exact) mass is 259 g/mol. The number of hydrogen-bond acceptors (Lipinski definition) is 3. The van der Waals surface area contributed by atoms with Crippen LogP contribution in [0.2, 0.25) is 0 Å². The maximum atomic E-state index is 11.7. The van der Waals surface area contributed by atoms with Gasteiger partial charge in [-0.15, -0.1) is 0 Å². The van der Waals surface area contributed by atoms with Gasteiger partial charge in [0.05, 0.1) is 11.5 Å². The first-order chi connectivity index (χ1) is 8.64. The van der Waals surface area contributed by atoms with Crippen molar-refractivity contribution in [2.45, 2.75) is 45.1 Å². The zero-order valence-electron chi connectivity index (χ0n) is 11.9. The fraction of sp³-hybridized carbons (Fsp3) is 0.467. The van der Waals surface area contributed by atoms with E-state index in [2.05, 4.69) is 11.4 Å². The molecule has 0 fully saturated rings. The van der Waals surface area contributed by atoms with Crippen molar-refractivity contribution in [1.82, 2.24) is 0 Å². The number of carbonyl (C=O) groups excluding carboxylic acids is 1. The number of nitrogens with two attached hydrogens (primary N) is 1. The second-order valence-corrected chi connectivity index (χ2v) is 6.03. The van der Waals surface area contributed by atoms with Gasteiger partial charge < -0.3 is 11.1 Å². The molecule has 1 amide bonds. The summed E-state index contributed by atoms with van der Waals surface area (Å²) in [6.07, 6.45) is 0.262. The lowest BCUT2D eigenvalue weighted by atomic mass is 9.86. The fourth-order valence-electron chi connectivity index (χ4n) is 1.65. The summed E-state index contributed by atoms with van der Waals surface area (Å²) < 4.78 is 0. The maximum absolute atomic E-state index is 11.7. The Bertz CT molecular complexity index is 490. The number of carbonyl (C=O) groups is 1. The van der Waals surface area contributed by atoms with Gasteiger partial charge in [0.1, 0.15) is 0 Å². The Balaban J connectivity index is 2.74. The molecule has 1 aromatic carbocycles. The molecule has 0 aliphatic rings. The molecule has 0 heterocycles. The smallest absolute Gasteiger partial charge is 0.226 e. The molecule has 1 aromatic rings. The van der Waals surface area contributed by atoms with Crippen LogP contribution in [0.25, 0.3) is 0 Å². The van der Waals surface area contributed by atoms with E-state index in [9.17, 15) is 4.79 Å². The van der Waals surface area contributed by atoms with E-state index in [1.165, 1.54) is 0 Å². The Kier molecular flexibility index (Phi) is 4.33. The third-order valence-corrected chi connectivity index (χ3v) is 2.79. The predicted octanol–water partition coefficient (Wildman–Crippen LogP) is 2.55. The van der Waals surface area contributed by atoms with Gasteiger partial charge in [-0.2, -0.15) is 5.26 Å². The quantitative estimate of drug-likeness (QED) is 0.872. The van der Waals surface area contributed by atoms with E-state index in [0.29, 0.717) is 5.69 Å². The van der Waals surface area contributed by atoms with Gasteiger partial charge >= 0.3 is 0 Å². The first kappa shape index (κ1) is 15.2. The minimum atomic E-state index is -0.526. The molecule has 0 aliphatic carbocycles. The van der Waals surface area contributed by atoms with Crippen LogP contribution in [-0.2, 0) is 10.2 Å². The van der Waals surface area contributed by atoms with Gasteiger partial charge in [-0.05, 0) is 45.4 Å². The lowest BCUT2D eigenvalue weighted by Crippen LogP contribution is -2.36. The van der Waals surface area contributed by atoms with Crippen molar-refractivity contribution >= 4 is 11.6 Å². The summed E-state index contributed by atoms with van der Waals surface area (Å²) in [5.41, 5.74) is 6.38. The highest BCUT2D eigenvalue weighted by Gasteiger charge is 2.20. The van der Waals surface area contributed by atoms with Gasteiger partial charge in [0.2, 0.25) is 5.91 Å². The average molecular weight is 259 g/mol. The van der Waals surface area contributed by atoms with Crippen molar-refractivity contribution in [2.75, 3.05) is 5.32 Å². The van der Waals surface area contributed by atoms with Crippen molar-refractivity contribution < 1.29 is 4.79 Å². The molecular formula is C15H21N3O. The number of hydrogen-bond donors (Lipinski definition) is 2. The minimum Gasteiger partial charge on any atom is -0.326 e. The Morgan fingerprint density at radius 2 is 1.79 bits per heavy atom. The molecule has 0 aliphatic heterocycles. The number of anilines is 1. The van der Waals surface area contributed by atoms with E-state index in [1.54, 1.807) is 12.1 Å².